The van der Waals surface area contributed by atoms with E-state index >= 15 is 0 Å². The first-order valence-corrected chi connectivity index (χ1v) is 6.03. The van der Waals surface area contributed by atoms with Gasteiger partial charge < -0.3 is 10.6 Å². The zero-order valence-corrected chi connectivity index (χ0v) is 11.0. The van der Waals surface area contributed by atoms with E-state index in [4.69, 9.17) is 11.6 Å². The van der Waals surface area contributed by atoms with Crippen LogP contribution in [-0.4, -0.2) is 6.03 Å². The molecule has 0 saturated heterocycles. The highest BCUT2D eigenvalue weighted by Crippen LogP contribution is 2.19. The summed E-state index contributed by atoms with van der Waals surface area (Å²) in [7, 11) is 0. The van der Waals surface area contributed by atoms with Crippen molar-refractivity contribution < 1.29 is 9.18 Å². The predicted octanol–water partition coefficient (Wildman–Crippen LogP) is 4.43. The molecule has 0 unspecified atom stereocenters. The molecule has 0 bridgehead atoms. The Kier molecular flexibility index (Phi) is 4.02. The molecule has 2 aromatic carbocycles. The van der Waals surface area contributed by atoms with Crippen molar-refractivity contribution in [1.82, 2.24) is 0 Å². The fourth-order valence-corrected chi connectivity index (χ4v) is 1.74. The van der Waals surface area contributed by atoms with Crippen LogP contribution in [0.2, 0.25) is 5.02 Å². The van der Waals surface area contributed by atoms with E-state index in [-0.39, 0.29) is 10.7 Å². The Morgan fingerprint density at radius 2 is 1.79 bits per heavy atom. The molecule has 2 rings (SSSR count). The molecule has 2 N–H and O–H groups in total. The van der Waals surface area contributed by atoms with Gasteiger partial charge in [-0.25, -0.2) is 9.18 Å². The molecule has 19 heavy (non-hydrogen) atoms. The van der Waals surface area contributed by atoms with E-state index in [1.807, 2.05) is 25.1 Å². The van der Waals surface area contributed by atoms with Crippen LogP contribution >= 0.6 is 11.6 Å². The summed E-state index contributed by atoms with van der Waals surface area (Å²) >= 11 is 5.64. The van der Waals surface area contributed by atoms with Gasteiger partial charge >= 0.3 is 6.03 Å². The summed E-state index contributed by atoms with van der Waals surface area (Å²) in [6.07, 6.45) is 0. The van der Waals surface area contributed by atoms with Gasteiger partial charge in [-0.1, -0.05) is 29.8 Å². The minimum Gasteiger partial charge on any atom is -0.307 e. The quantitative estimate of drug-likeness (QED) is 0.838. The standard InChI is InChI=1S/C14H12ClFN2O/c1-9-4-2-3-5-12(9)17-14(19)18-13-7-6-10(15)8-11(13)16/h2-8H,1H3,(H2,17,18,19). The fourth-order valence-electron chi connectivity index (χ4n) is 1.58. The smallest absolute Gasteiger partial charge is 0.307 e. The van der Waals surface area contributed by atoms with Gasteiger partial charge in [-0.15, -0.1) is 0 Å². The van der Waals surface area contributed by atoms with E-state index in [2.05, 4.69) is 10.6 Å². The Bertz CT molecular complexity index is 616. The molecule has 0 atom stereocenters. The van der Waals surface area contributed by atoms with Gasteiger partial charge in [0.1, 0.15) is 5.82 Å². The van der Waals surface area contributed by atoms with Gasteiger partial charge in [-0.2, -0.15) is 0 Å². The summed E-state index contributed by atoms with van der Waals surface area (Å²) in [6.45, 7) is 1.87. The number of benzene rings is 2. The van der Waals surface area contributed by atoms with Gasteiger partial charge in [0.25, 0.3) is 0 Å². The first-order chi connectivity index (χ1) is 9.06. The second-order valence-electron chi connectivity index (χ2n) is 4.02. The van der Waals surface area contributed by atoms with Crippen LogP contribution in [0.5, 0.6) is 0 Å². The zero-order chi connectivity index (χ0) is 13.8. The molecule has 0 saturated carbocycles. The molecule has 0 aliphatic heterocycles. The first kappa shape index (κ1) is 13.4. The largest absolute Gasteiger partial charge is 0.323 e. The molecule has 0 spiro atoms. The number of rotatable bonds is 2. The average molecular weight is 279 g/mol. The van der Waals surface area contributed by atoms with E-state index in [0.29, 0.717) is 5.69 Å². The molecular formula is C14H12ClFN2O. The lowest BCUT2D eigenvalue weighted by molar-refractivity contribution is 0.262. The summed E-state index contributed by atoms with van der Waals surface area (Å²) in [4.78, 5) is 11.7. The maximum Gasteiger partial charge on any atom is 0.323 e. The van der Waals surface area contributed by atoms with Gasteiger partial charge in [0.2, 0.25) is 0 Å². The molecular weight excluding hydrogens is 267 g/mol. The Balaban J connectivity index is 2.08. The number of hydrogen-bond donors (Lipinski definition) is 2. The van der Waals surface area contributed by atoms with Crippen LogP contribution in [0.1, 0.15) is 5.56 Å². The van der Waals surface area contributed by atoms with Crippen molar-refractivity contribution in [2.24, 2.45) is 0 Å². The number of urea groups is 1. The van der Waals surface area contributed by atoms with E-state index in [0.717, 1.165) is 11.6 Å². The monoisotopic (exact) mass is 278 g/mol. The molecule has 0 aromatic heterocycles. The molecule has 0 aliphatic carbocycles. The summed E-state index contributed by atoms with van der Waals surface area (Å²) < 4.78 is 13.5. The van der Waals surface area contributed by atoms with Crippen LogP contribution in [0.25, 0.3) is 0 Å². The maximum atomic E-state index is 13.5. The summed E-state index contributed by atoms with van der Waals surface area (Å²) in [6, 6.07) is 10.9. The molecule has 0 fully saturated rings. The number of carbonyl (C=O) groups is 1. The number of carbonyl (C=O) groups excluding carboxylic acids is 1. The highest BCUT2D eigenvalue weighted by Gasteiger charge is 2.08. The zero-order valence-electron chi connectivity index (χ0n) is 10.2. The van der Waals surface area contributed by atoms with E-state index in [1.165, 1.54) is 12.1 Å². The Labute approximate surface area is 115 Å². The number of para-hydroxylation sites is 1. The topological polar surface area (TPSA) is 41.1 Å². The molecule has 0 heterocycles. The second kappa shape index (κ2) is 5.71. The van der Waals surface area contributed by atoms with Crippen LogP contribution in [0.15, 0.2) is 42.5 Å². The number of halogens is 2. The third kappa shape index (κ3) is 3.45. The second-order valence-corrected chi connectivity index (χ2v) is 4.45. The van der Waals surface area contributed by atoms with Gasteiger partial charge in [0.15, 0.2) is 0 Å². The summed E-state index contributed by atoms with van der Waals surface area (Å²) in [5.41, 5.74) is 1.68. The van der Waals surface area contributed by atoms with Gasteiger partial charge in [-0.3, -0.25) is 0 Å². The SMILES string of the molecule is Cc1ccccc1NC(=O)Nc1ccc(Cl)cc1F. The van der Waals surface area contributed by atoms with E-state index in [9.17, 15) is 9.18 Å². The van der Waals surface area contributed by atoms with Gasteiger partial charge in [-0.05, 0) is 36.8 Å². The normalized spacial score (nSPS) is 10.1. The molecule has 2 amide bonds. The molecule has 0 radical (unpaired) electrons. The van der Waals surface area contributed by atoms with Crippen molar-refractivity contribution >= 4 is 29.0 Å². The lowest BCUT2D eigenvalue weighted by Gasteiger charge is -2.10. The van der Waals surface area contributed by atoms with Crippen LogP contribution in [0, 0.1) is 12.7 Å². The predicted molar refractivity (Wildman–Crippen MR) is 75.2 cm³/mol. The lowest BCUT2D eigenvalue weighted by Crippen LogP contribution is -2.20. The first-order valence-electron chi connectivity index (χ1n) is 5.65. The van der Waals surface area contributed by atoms with Crippen molar-refractivity contribution in [3.63, 3.8) is 0 Å². The highest BCUT2D eigenvalue weighted by atomic mass is 35.5. The van der Waals surface area contributed by atoms with E-state index in [1.54, 1.807) is 6.07 Å². The van der Waals surface area contributed by atoms with E-state index < -0.39 is 11.8 Å². The number of hydrogen-bond acceptors (Lipinski definition) is 1. The Hall–Kier alpha value is -2.07. The van der Waals surface area contributed by atoms with Gasteiger partial charge in [0.05, 0.1) is 5.69 Å². The van der Waals surface area contributed by atoms with Crippen molar-refractivity contribution in [1.29, 1.82) is 0 Å². The average Bonchev–Trinajstić information content (AvgIpc) is 2.36. The summed E-state index contributed by atoms with van der Waals surface area (Å²) in [5, 5.41) is 5.36. The molecule has 3 nitrogen and oxygen atoms in total. The van der Waals surface area contributed by atoms with Crippen LogP contribution < -0.4 is 10.6 Å². The molecule has 2 aromatic rings. The molecule has 0 aliphatic rings. The third-order valence-electron chi connectivity index (χ3n) is 2.57. The van der Waals surface area contributed by atoms with Gasteiger partial charge in [0, 0.05) is 10.7 Å². The van der Waals surface area contributed by atoms with Crippen molar-refractivity contribution in [2.45, 2.75) is 6.92 Å². The number of amides is 2. The number of nitrogens with one attached hydrogen (secondary N) is 2. The number of anilines is 2. The molecule has 98 valence electrons. The Morgan fingerprint density at radius 1 is 1.11 bits per heavy atom. The Morgan fingerprint density at radius 3 is 2.47 bits per heavy atom. The molecule has 5 heteroatoms. The van der Waals surface area contributed by atoms with Crippen LogP contribution in [-0.2, 0) is 0 Å². The minimum absolute atomic E-state index is 0.0792. The van der Waals surface area contributed by atoms with Crippen molar-refractivity contribution in [2.75, 3.05) is 10.6 Å². The van der Waals surface area contributed by atoms with Crippen molar-refractivity contribution in [3.8, 4) is 0 Å². The third-order valence-corrected chi connectivity index (χ3v) is 2.81. The summed E-state index contributed by atoms with van der Waals surface area (Å²) in [5.74, 6) is -0.576. The number of aryl methyl sites for hydroxylation is 1. The minimum atomic E-state index is -0.576. The fraction of sp³-hybridized carbons (Fsp3) is 0.0714. The van der Waals surface area contributed by atoms with Crippen LogP contribution in [0.4, 0.5) is 20.6 Å². The highest BCUT2D eigenvalue weighted by molar-refractivity contribution is 6.30. The van der Waals surface area contributed by atoms with Crippen LogP contribution in [0.3, 0.4) is 0 Å². The van der Waals surface area contributed by atoms with Crippen molar-refractivity contribution in [3.05, 3.63) is 58.9 Å². The lowest BCUT2D eigenvalue weighted by atomic mass is 10.2. The maximum absolute atomic E-state index is 13.5.